The molecule has 0 bridgehead atoms. The summed E-state index contributed by atoms with van der Waals surface area (Å²) < 4.78 is 11.4. The summed E-state index contributed by atoms with van der Waals surface area (Å²) in [6, 6.07) is 15.9. The van der Waals surface area contributed by atoms with Crippen molar-refractivity contribution in [3.8, 4) is 16.9 Å². The molecule has 5 nitrogen and oxygen atoms in total. The van der Waals surface area contributed by atoms with Gasteiger partial charge in [-0.3, -0.25) is 4.79 Å². The fourth-order valence-corrected chi connectivity index (χ4v) is 3.47. The second-order valence-corrected chi connectivity index (χ2v) is 7.60. The molecule has 0 unspecified atom stereocenters. The number of aryl methyl sites for hydroxylation is 2. The van der Waals surface area contributed by atoms with Crippen LogP contribution in [0.15, 0.2) is 71.5 Å². The van der Waals surface area contributed by atoms with E-state index < -0.39 is 0 Å². The molecule has 0 aliphatic rings. The molecule has 4 aromatic rings. The van der Waals surface area contributed by atoms with Crippen LogP contribution in [0.4, 0.5) is 5.82 Å². The predicted molar refractivity (Wildman–Crippen MR) is 124 cm³/mol. The fraction of sp³-hybridized carbons (Fsp3) is 0.154. The van der Waals surface area contributed by atoms with Crippen LogP contribution >= 0.6 is 0 Å². The molecule has 1 N–H and O–H groups in total. The Hall–Kier alpha value is -3.86. The predicted octanol–water partition coefficient (Wildman–Crippen LogP) is 6.16. The van der Waals surface area contributed by atoms with E-state index >= 15 is 0 Å². The van der Waals surface area contributed by atoms with Gasteiger partial charge >= 0.3 is 0 Å². The summed E-state index contributed by atoms with van der Waals surface area (Å²) in [4.78, 5) is 16.7. The first-order chi connectivity index (χ1) is 14.9. The van der Waals surface area contributed by atoms with E-state index in [4.69, 9.17) is 9.15 Å². The number of aromatic nitrogens is 1. The van der Waals surface area contributed by atoms with Gasteiger partial charge in [-0.05, 0) is 49.6 Å². The second kappa shape index (κ2) is 8.48. The maximum Gasteiger partial charge on any atom is 0.249 e. The highest BCUT2D eigenvalue weighted by Crippen LogP contribution is 2.37. The van der Waals surface area contributed by atoms with Crippen molar-refractivity contribution in [2.45, 2.75) is 20.8 Å². The minimum absolute atomic E-state index is 0.248. The van der Waals surface area contributed by atoms with Crippen molar-refractivity contribution in [1.82, 2.24) is 4.98 Å². The quantitative estimate of drug-likeness (QED) is 0.399. The highest BCUT2D eigenvalue weighted by molar-refractivity contribution is 6.05. The average Bonchev–Trinajstić information content (AvgIpc) is 3.17. The Morgan fingerprint density at radius 2 is 1.81 bits per heavy atom. The number of carbonyl (C=O) groups excluding carboxylic acids is 1. The van der Waals surface area contributed by atoms with Gasteiger partial charge in [0.25, 0.3) is 0 Å². The van der Waals surface area contributed by atoms with Crippen LogP contribution in [-0.2, 0) is 4.79 Å². The molecule has 0 spiro atoms. The zero-order valence-electron chi connectivity index (χ0n) is 18.0. The highest BCUT2D eigenvalue weighted by atomic mass is 16.5. The topological polar surface area (TPSA) is 64.4 Å². The average molecular weight is 412 g/mol. The van der Waals surface area contributed by atoms with E-state index in [9.17, 15) is 4.79 Å². The number of anilines is 1. The Kier molecular flexibility index (Phi) is 5.58. The summed E-state index contributed by atoms with van der Waals surface area (Å²) in [5.74, 6) is 0.910. The largest absolute Gasteiger partial charge is 0.496 e. The zero-order valence-corrected chi connectivity index (χ0v) is 18.0. The molecule has 31 heavy (non-hydrogen) atoms. The van der Waals surface area contributed by atoms with Gasteiger partial charge in [-0.15, -0.1) is 0 Å². The number of nitrogens with one attached hydrogen (secondary N) is 1. The lowest BCUT2D eigenvalue weighted by Crippen LogP contribution is -2.10. The number of furan rings is 1. The maximum absolute atomic E-state index is 12.5. The number of ether oxygens (including phenoxy) is 1. The molecule has 2 heterocycles. The monoisotopic (exact) mass is 412 g/mol. The fourth-order valence-electron chi connectivity index (χ4n) is 3.47. The van der Waals surface area contributed by atoms with Gasteiger partial charge in [0, 0.05) is 34.9 Å². The summed E-state index contributed by atoms with van der Waals surface area (Å²) in [7, 11) is 1.61. The van der Waals surface area contributed by atoms with Crippen molar-refractivity contribution < 1.29 is 13.9 Å². The van der Waals surface area contributed by atoms with Crippen LogP contribution in [0.3, 0.4) is 0 Å². The van der Waals surface area contributed by atoms with Crippen molar-refractivity contribution in [1.29, 1.82) is 0 Å². The van der Waals surface area contributed by atoms with Crippen LogP contribution in [0.1, 0.15) is 23.6 Å². The molecule has 2 aromatic heterocycles. The summed E-state index contributed by atoms with van der Waals surface area (Å²) >= 11 is 0. The van der Waals surface area contributed by atoms with Crippen LogP contribution in [0.5, 0.6) is 5.75 Å². The Morgan fingerprint density at radius 3 is 2.48 bits per heavy atom. The molecular weight excluding hydrogens is 388 g/mol. The van der Waals surface area contributed by atoms with Crippen LogP contribution in [-0.4, -0.2) is 18.0 Å². The maximum atomic E-state index is 12.5. The highest BCUT2D eigenvalue weighted by Gasteiger charge is 2.15. The van der Waals surface area contributed by atoms with Crippen LogP contribution in [0, 0.1) is 13.8 Å². The molecule has 0 aliphatic carbocycles. The van der Waals surface area contributed by atoms with Gasteiger partial charge < -0.3 is 14.5 Å². The third-order valence-electron chi connectivity index (χ3n) is 5.19. The van der Waals surface area contributed by atoms with Crippen LogP contribution in [0.25, 0.3) is 27.7 Å². The van der Waals surface area contributed by atoms with E-state index in [2.05, 4.69) is 41.5 Å². The molecule has 0 radical (unpaired) electrons. The SMILES string of the molecule is COc1cc2occ(-c3ccc(C)cc3)c2cc1/C(C)=C/C(=O)Nc1ccc(C)cn1. The minimum Gasteiger partial charge on any atom is -0.496 e. The molecular formula is C26H24N2O3. The van der Waals surface area contributed by atoms with Gasteiger partial charge in [0.15, 0.2) is 0 Å². The molecule has 0 atom stereocenters. The van der Waals surface area contributed by atoms with E-state index in [1.54, 1.807) is 31.7 Å². The molecule has 2 aromatic carbocycles. The number of fused-ring (bicyclic) bond motifs is 1. The number of carbonyl (C=O) groups is 1. The lowest BCUT2D eigenvalue weighted by atomic mass is 9.99. The smallest absolute Gasteiger partial charge is 0.249 e. The van der Waals surface area contributed by atoms with Crippen LogP contribution in [0.2, 0.25) is 0 Å². The molecule has 5 heteroatoms. The number of nitrogens with zero attached hydrogens (tertiary/aromatic N) is 1. The first-order valence-corrected chi connectivity index (χ1v) is 10.0. The van der Waals surface area contributed by atoms with E-state index in [-0.39, 0.29) is 5.91 Å². The lowest BCUT2D eigenvalue weighted by molar-refractivity contribution is -0.111. The van der Waals surface area contributed by atoms with Gasteiger partial charge in [0.2, 0.25) is 5.91 Å². The molecule has 1 amide bonds. The van der Waals surface area contributed by atoms with Crippen molar-refractivity contribution in [3.05, 3.63) is 83.8 Å². The minimum atomic E-state index is -0.248. The van der Waals surface area contributed by atoms with Gasteiger partial charge in [0.05, 0.1) is 13.4 Å². The number of hydrogen-bond acceptors (Lipinski definition) is 4. The van der Waals surface area contributed by atoms with E-state index in [1.807, 2.05) is 32.0 Å². The number of rotatable bonds is 5. The first kappa shape index (κ1) is 20.4. The zero-order chi connectivity index (χ0) is 22.0. The summed E-state index contributed by atoms with van der Waals surface area (Å²) in [6.45, 7) is 5.90. The van der Waals surface area contributed by atoms with Crippen molar-refractivity contribution >= 4 is 28.3 Å². The Labute approximate surface area is 181 Å². The number of amides is 1. The van der Waals surface area contributed by atoms with E-state index in [0.29, 0.717) is 11.6 Å². The number of benzene rings is 2. The van der Waals surface area contributed by atoms with Crippen LogP contribution < -0.4 is 10.1 Å². The standard InChI is InChI=1S/C26H24N2O3/c1-16-5-8-19(9-6-16)22-15-31-24-13-23(30-4)20(12-21(22)24)18(3)11-26(29)28-25-10-7-17(2)14-27-25/h5-15H,1-4H3,(H,27,28,29)/b18-11+. The number of allylic oxidation sites excluding steroid dienone is 1. The lowest BCUT2D eigenvalue weighted by Gasteiger charge is -2.10. The normalized spacial score (nSPS) is 11.5. The van der Waals surface area contributed by atoms with E-state index in [0.717, 1.165) is 38.8 Å². The number of hydrogen-bond donors (Lipinski definition) is 1. The number of methoxy groups -OCH3 is 1. The third-order valence-corrected chi connectivity index (χ3v) is 5.19. The molecule has 0 saturated carbocycles. The third kappa shape index (κ3) is 4.36. The van der Waals surface area contributed by atoms with E-state index in [1.165, 1.54) is 5.56 Å². The Bertz CT molecular complexity index is 1270. The van der Waals surface area contributed by atoms with Gasteiger partial charge in [-0.25, -0.2) is 4.98 Å². The Morgan fingerprint density at radius 1 is 1.06 bits per heavy atom. The van der Waals surface area contributed by atoms with Gasteiger partial charge in [0.1, 0.15) is 17.2 Å². The molecule has 0 aliphatic heterocycles. The summed E-state index contributed by atoms with van der Waals surface area (Å²) in [6.07, 6.45) is 5.03. The number of pyridine rings is 1. The molecule has 0 saturated heterocycles. The molecule has 0 fully saturated rings. The first-order valence-electron chi connectivity index (χ1n) is 10.0. The molecule has 156 valence electrons. The van der Waals surface area contributed by atoms with Gasteiger partial charge in [-0.2, -0.15) is 0 Å². The summed E-state index contributed by atoms with van der Waals surface area (Å²) in [5.41, 5.74) is 6.65. The Balaban J connectivity index is 1.70. The molecule has 4 rings (SSSR count). The van der Waals surface area contributed by atoms with Crippen molar-refractivity contribution in [2.75, 3.05) is 12.4 Å². The van der Waals surface area contributed by atoms with Crippen molar-refractivity contribution in [3.63, 3.8) is 0 Å². The van der Waals surface area contributed by atoms with Crippen molar-refractivity contribution in [2.24, 2.45) is 0 Å². The van der Waals surface area contributed by atoms with Gasteiger partial charge in [-0.1, -0.05) is 35.9 Å². The summed E-state index contributed by atoms with van der Waals surface area (Å²) in [5, 5.41) is 3.76. The second-order valence-electron chi connectivity index (χ2n) is 7.60.